The van der Waals surface area contributed by atoms with E-state index in [-0.39, 0.29) is 0 Å². The molecule has 0 radical (unpaired) electrons. The van der Waals surface area contributed by atoms with E-state index in [0.29, 0.717) is 11.9 Å². The van der Waals surface area contributed by atoms with E-state index in [9.17, 15) is 0 Å². The van der Waals surface area contributed by atoms with Gasteiger partial charge >= 0.3 is 0 Å². The molecule has 0 bridgehead atoms. The van der Waals surface area contributed by atoms with Crippen molar-refractivity contribution in [2.75, 3.05) is 5.73 Å². The molecule has 1 aliphatic heterocycles. The second-order valence-corrected chi connectivity index (χ2v) is 2.97. The van der Waals surface area contributed by atoms with E-state index in [2.05, 4.69) is 17.3 Å². The number of hydrogen-bond acceptors (Lipinski definition) is 3. The minimum Gasteiger partial charge on any atom is -0.382 e. The van der Waals surface area contributed by atoms with E-state index in [0.717, 1.165) is 6.54 Å². The third kappa shape index (κ3) is 0.758. The molecule has 0 saturated carbocycles. The van der Waals surface area contributed by atoms with Crippen LogP contribution in [0, 0.1) is 0 Å². The van der Waals surface area contributed by atoms with Gasteiger partial charge in [0, 0.05) is 25.2 Å². The van der Waals surface area contributed by atoms with Gasteiger partial charge in [-0.2, -0.15) is 5.10 Å². The molecule has 0 fully saturated rings. The summed E-state index contributed by atoms with van der Waals surface area (Å²) in [6.07, 6.45) is 0. The Morgan fingerprint density at radius 3 is 3.09 bits per heavy atom. The lowest BCUT2D eigenvalue weighted by molar-refractivity contribution is 0.607. The Morgan fingerprint density at radius 2 is 2.45 bits per heavy atom. The molecular formula is C7H12N4. The number of hydrogen-bond donors (Lipinski definition) is 2. The first-order valence-corrected chi connectivity index (χ1v) is 3.74. The molecule has 1 aliphatic rings. The number of nitrogen functional groups attached to an aromatic ring is 1. The summed E-state index contributed by atoms with van der Waals surface area (Å²) < 4.78 is 1.85. The zero-order chi connectivity index (χ0) is 8.01. The molecule has 11 heavy (non-hydrogen) atoms. The fraction of sp³-hybridized carbons (Fsp3) is 0.571. The SMILES string of the molecule is CC1NCc2c1c(N)nn2C. The van der Waals surface area contributed by atoms with E-state index in [1.54, 1.807) is 0 Å². The maximum atomic E-state index is 5.71. The van der Waals surface area contributed by atoms with Gasteiger partial charge < -0.3 is 11.1 Å². The van der Waals surface area contributed by atoms with Gasteiger partial charge in [-0.05, 0) is 6.92 Å². The zero-order valence-corrected chi connectivity index (χ0v) is 6.76. The van der Waals surface area contributed by atoms with Gasteiger partial charge in [0.05, 0.1) is 5.69 Å². The van der Waals surface area contributed by atoms with Crippen LogP contribution < -0.4 is 11.1 Å². The lowest BCUT2D eigenvalue weighted by atomic mass is 10.2. The third-order valence-corrected chi connectivity index (χ3v) is 2.24. The number of nitrogens with zero attached hydrogens (tertiary/aromatic N) is 2. The summed E-state index contributed by atoms with van der Waals surface area (Å²) in [5.74, 6) is 0.667. The molecule has 2 heterocycles. The molecule has 0 spiro atoms. The molecule has 1 atom stereocenters. The van der Waals surface area contributed by atoms with Crippen LogP contribution in [0.4, 0.5) is 5.82 Å². The maximum absolute atomic E-state index is 5.71. The number of rotatable bonds is 0. The number of aromatic nitrogens is 2. The average molecular weight is 152 g/mol. The average Bonchev–Trinajstić information content (AvgIpc) is 2.41. The molecule has 4 heteroatoms. The highest BCUT2D eigenvalue weighted by molar-refractivity contribution is 5.46. The van der Waals surface area contributed by atoms with Crippen molar-refractivity contribution >= 4 is 5.82 Å². The predicted octanol–water partition coefficient (Wildman–Crippen LogP) is 0.166. The summed E-state index contributed by atoms with van der Waals surface area (Å²) in [4.78, 5) is 0. The molecule has 0 saturated heterocycles. The van der Waals surface area contributed by atoms with Crippen LogP contribution in [0.15, 0.2) is 0 Å². The van der Waals surface area contributed by atoms with E-state index in [1.807, 2.05) is 11.7 Å². The highest BCUT2D eigenvalue weighted by Crippen LogP contribution is 2.28. The number of nitrogens with one attached hydrogen (secondary N) is 1. The van der Waals surface area contributed by atoms with Crippen molar-refractivity contribution in [3.63, 3.8) is 0 Å². The standard InChI is InChI=1S/C7H12N4/c1-4-6-5(3-9-4)11(2)10-7(6)8/h4,9H,3H2,1-2H3,(H2,8,10). The lowest BCUT2D eigenvalue weighted by Crippen LogP contribution is -2.11. The first-order valence-electron chi connectivity index (χ1n) is 3.74. The van der Waals surface area contributed by atoms with Crippen LogP contribution in [0.25, 0.3) is 0 Å². The largest absolute Gasteiger partial charge is 0.382 e. The lowest BCUT2D eigenvalue weighted by Gasteiger charge is -2.01. The van der Waals surface area contributed by atoms with Gasteiger partial charge in [0.1, 0.15) is 0 Å². The smallest absolute Gasteiger partial charge is 0.150 e. The molecule has 3 N–H and O–H groups in total. The Labute approximate surface area is 65.4 Å². The van der Waals surface area contributed by atoms with Crippen molar-refractivity contribution in [2.24, 2.45) is 7.05 Å². The summed E-state index contributed by atoms with van der Waals surface area (Å²) in [7, 11) is 1.93. The number of aryl methyl sites for hydroxylation is 1. The van der Waals surface area contributed by atoms with Gasteiger partial charge in [-0.3, -0.25) is 4.68 Å². The van der Waals surface area contributed by atoms with Gasteiger partial charge in [0.15, 0.2) is 5.82 Å². The fourth-order valence-corrected chi connectivity index (χ4v) is 1.63. The van der Waals surface area contributed by atoms with Crippen LogP contribution in [0.3, 0.4) is 0 Å². The van der Waals surface area contributed by atoms with E-state index in [1.165, 1.54) is 11.3 Å². The Balaban J connectivity index is 2.60. The molecule has 1 aromatic rings. The van der Waals surface area contributed by atoms with Gasteiger partial charge in [0.2, 0.25) is 0 Å². The molecule has 60 valence electrons. The topological polar surface area (TPSA) is 55.9 Å². The number of anilines is 1. The summed E-state index contributed by atoms with van der Waals surface area (Å²) in [5, 5.41) is 7.44. The Bertz CT molecular complexity index is 289. The second-order valence-electron chi connectivity index (χ2n) is 2.97. The molecule has 0 aliphatic carbocycles. The van der Waals surface area contributed by atoms with Gasteiger partial charge in [-0.15, -0.1) is 0 Å². The molecular weight excluding hydrogens is 140 g/mol. The van der Waals surface area contributed by atoms with Crippen LogP contribution >= 0.6 is 0 Å². The summed E-state index contributed by atoms with van der Waals surface area (Å²) in [6.45, 7) is 2.99. The van der Waals surface area contributed by atoms with Crippen LogP contribution in [0.5, 0.6) is 0 Å². The predicted molar refractivity (Wildman–Crippen MR) is 42.9 cm³/mol. The Morgan fingerprint density at radius 1 is 1.73 bits per heavy atom. The van der Waals surface area contributed by atoms with Crippen LogP contribution in [-0.2, 0) is 13.6 Å². The van der Waals surface area contributed by atoms with Crippen LogP contribution in [0.1, 0.15) is 24.2 Å². The van der Waals surface area contributed by atoms with Crippen molar-refractivity contribution in [1.82, 2.24) is 15.1 Å². The highest BCUT2D eigenvalue weighted by Gasteiger charge is 2.24. The van der Waals surface area contributed by atoms with Crippen LogP contribution in [0.2, 0.25) is 0 Å². The first kappa shape index (κ1) is 6.67. The van der Waals surface area contributed by atoms with Gasteiger partial charge in [-0.1, -0.05) is 0 Å². The van der Waals surface area contributed by atoms with Gasteiger partial charge in [-0.25, -0.2) is 0 Å². The molecule has 0 amide bonds. The van der Waals surface area contributed by atoms with Crippen molar-refractivity contribution in [3.05, 3.63) is 11.3 Å². The van der Waals surface area contributed by atoms with E-state index >= 15 is 0 Å². The minimum absolute atomic E-state index is 0.360. The molecule has 0 aromatic carbocycles. The minimum atomic E-state index is 0.360. The quantitative estimate of drug-likeness (QED) is 0.557. The number of nitrogens with two attached hydrogens (primary N) is 1. The summed E-state index contributed by atoms with van der Waals surface area (Å²) in [5.41, 5.74) is 8.10. The Kier molecular flexibility index (Phi) is 1.20. The summed E-state index contributed by atoms with van der Waals surface area (Å²) >= 11 is 0. The number of fused-ring (bicyclic) bond motifs is 1. The molecule has 4 nitrogen and oxygen atoms in total. The van der Waals surface area contributed by atoms with E-state index in [4.69, 9.17) is 5.73 Å². The highest BCUT2D eigenvalue weighted by atomic mass is 15.3. The normalized spacial score (nSPS) is 22.2. The van der Waals surface area contributed by atoms with Crippen molar-refractivity contribution in [2.45, 2.75) is 19.5 Å². The zero-order valence-electron chi connectivity index (χ0n) is 6.76. The Hall–Kier alpha value is -1.03. The fourth-order valence-electron chi connectivity index (χ4n) is 1.63. The van der Waals surface area contributed by atoms with E-state index < -0.39 is 0 Å². The first-order chi connectivity index (χ1) is 5.20. The molecule has 1 aromatic heterocycles. The molecule has 2 rings (SSSR count). The van der Waals surface area contributed by atoms with Crippen molar-refractivity contribution < 1.29 is 0 Å². The summed E-state index contributed by atoms with van der Waals surface area (Å²) in [6, 6.07) is 0.360. The maximum Gasteiger partial charge on any atom is 0.150 e. The third-order valence-electron chi connectivity index (χ3n) is 2.24. The van der Waals surface area contributed by atoms with Crippen molar-refractivity contribution in [1.29, 1.82) is 0 Å². The van der Waals surface area contributed by atoms with Crippen molar-refractivity contribution in [3.8, 4) is 0 Å². The van der Waals surface area contributed by atoms with Gasteiger partial charge in [0.25, 0.3) is 0 Å². The monoisotopic (exact) mass is 152 g/mol. The van der Waals surface area contributed by atoms with Crippen LogP contribution in [-0.4, -0.2) is 9.78 Å². The second kappa shape index (κ2) is 1.98. The molecule has 1 unspecified atom stereocenters.